The van der Waals surface area contributed by atoms with E-state index in [1.165, 1.54) is 0 Å². The van der Waals surface area contributed by atoms with Gasteiger partial charge in [-0.25, -0.2) is 9.59 Å². The Kier molecular flexibility index (Phi) is 5.94. The zero-order chi connectivity index (χ0) is 23.0. The second kappa shape index (κ2) is 8.17. The van der Waals surface area contributed by atoms with E-state index in [4.69, 9.17) is 16.3 Å². The van der Waals surface area contributed by atoms with Crippen molar-refractivity contribution in [2.75, 3.05) is 28.7 Å². The molecule has 0 atom stereocenters. The molecule has 2 aromatic carbocycles. The highest BCUT2D eigenvalue weighted by Crippen LogP contribution is 2.37. The van der Waals surface area contributed by atoms with E-state index in [1.807, 2.05) is 0 Å². The number of nitrogens with one attached hydrogen (secondary N) is 2. The zero-order valence-electron chi connectivity index (χ0n) is 15.2. The highest BCUT2D eigenvalue weighted by Gasteiger charge is 2.34. The number of anilines is 3. The van der Waals surface area contributed by atoms with Gasteiger partial charge in [0, 0.05) is 17.1 Å². The highest BCUT2D eigenvalue weighted by atomic mass is 35.5. The number of halogens is 7. The smallest absolute Gasteiger partial charge is 0.417 e. The van der Waals surface area contributed by atoms with Crippen molar-refractivity contribution in [3.05, 3.63) is 52.5 Å². The van der Waals surface area contributed by atoms with Crippen molar-refractivity contribution in [1.82, 2.24) is 0 Å². The predicted octanol–water partition coefficient (Wildman–Crippen LogP) is 5.98. The maximum absolute atomic E-state index is 13.2. The van der Waals surface area contributed by atoms with E-state index in [0.29, 0.717) is 18.2 Å². The Morgan fingerprint density at radius 3 is 2.23 bits per heavy atom. The molecule has 0 bridgehead atoms. The van der Waals surface area contributed by atoms with E-state index in [1.54, 1.807) is 0 Å². The fraction of sp³-hybridized carbons (Fsp3) is 0.222. The van der Waals surface area contributed by atoms with Crippen molar-refractivity contribution in [3.63, 3.8) is 0 Å². The molecule has 1 fully saturated rings. The Bertz CT molecular complexity index is 1030. The molecular formula is C18H12ClF6N3O3. The predicted molar refractivity (Wildman–Crippen MR) is 99.2 cm³/mol. The molecule has 1 saturated heterocycles. The summed E-state index contributed by atoms with van der Waals surface area (Å²) in [5.41, 5.74) is -3.14. The minimum Gasteiger partial charge on any atom is -0.447 e. The number of hydrogen-bond donors (Lipinski definition) is 2. The quantitative estimate of drug-likeness (QED) is 0.546. The van der Waals surface area contributed by atoms with Crippen LogP contribution < -0.4 is 15.5 Å². The van der Waals surface area contributed by atoms with Gasteiger partial charge in [-0.1, -0.05) is 11.6 Å². The summed E-state index contributed by atoms with van der Waals surface area (Å²) in [4.78, 5) is 24.8. The molecule has 0 spiro atoms. The van der Waals surface area contributed by atoms with Crippen LogP contribution in [0.4, 0.5) is 53.0 Å². The van der Waals surface area contributed by atoms with Crippen molar-refractivity contribution >= 4 is 40.8 Å². The Morgan fingerprint density at radius 2 is 1.65 bits per heavy atom. The topological polar surface area (TPSA) is 70.7 Å². The van der Waals surface area contributed by atoms with Gasteiger partial charge in [0.1, 0.15) is 6.61 Å². The lowest BCUT2D eigenvalue weighted by Gasteiger charge is -2.18. The average molecular weight is 468 g/mol. The van der Waals surface area contributed by atoms with Crippen LogP contribution in [0.1, 0.15) is 11.1 Å². The number of ether oxygens (including phenoxy) is 1. The lowest BCUT2D eigenvalue weighted by atomic mass is 10.1. The molecule has 31 heavy (non-hydrogen) atoms. The summed E-state index contributed by atoms with van der Waals surface area (Å²) in [5.74, 6) is 0. The Morgan fingerprint density at radius 1 is 0.968 bits per heavy atom. The molecule has 1 aliphatic heterocycles. The van der Waals surface area contributed by atoms with Gasteiger partial charge in [-0.3, -0.25) is 4.90 Å². The molecular weight excluding hydrogens is 456 g/mol. The number of benzene rings is 2. The molecule has 0 unspecified atom stereocenters. The van der Waals surface area contributed by atoms with Crippen LogP contribution in [0.25, 0.3) is 0 Å². The van der Waals surface area contributed by atoms with Crippen molar-refractivity contribution in [2.45, 2.75) is 12.4 Å². The Labute approximate surface area is 175 Å². The summed E-state index contributed by atoms with van der Waals surface area (Å²) in [6, 6.07) is 3.92. The van der Waals surface area contributed by atoms with Crippen LogP contribution in [-0.2, 0) is 17.1 Å². The summed E-state index contributed by atoms with van der Waals surface area (Å²) in [6.07, 6.45) is -10.4. The third kappa shape index (κ3) is 5.32. The maximum Gasteiger partial charge on any atom is 0.417 e. The van der Waals surface area contributed by atoms with E-state index >= 15 is 0 Å². The van der Waals surface area contributed by atoms with Gasteiger partial charge in [-0.05, 0) is 36.4 Å². The van der Waals surface area contributed by atoms with Crippen LogP contribution >= 0.6 is 11.6 Å². The van der Waals surface area contributed by atoms with Crippen LogP contribution in [0.2, 0.25) is 5.02 Å². The third-order valence-corrected chi connectivity index (χ3v) is 4.43. The van der Waals surface area contributed by atoms with Gasteiger partial charge < -0.3 is 15.4 Å². The number of cyclic esters (lactones) is 1. The molecule has 0 saturated carbocycles. The standard InChI is InChI=1S/C18H12ClF6N3O3/c19-14-2-1-10(8-13(14)18(23,24)25)26-15(29)27-11-5-9(17(20,21)22)6-12(7-11)28-3-4-31-16(28)30/h1-2,5-8H,3-4H2,(H2,26,27,29). The summed E-state index contributed by atoms with van der Waals surface area (Å²) >= 11 is 5.50. The first-order chi connectivity index (χ1) is 14.3. The number of nitrogens with zero attached hydrogens (tertiary/aromatic N) is 1. The molecule has 1 heterocycles. The lowest BCUT2D eigenvalue weighted by Crippen LogP contribution is -2.25. The van der Waals surface area contributed by atoms with Crippen molar-refractivity contribution in [2.24, 2.45) is 0 Å². The van der Waals surface area contributed by atoms with Crippen LogP contribution in [0.15, 0.2) is 36.4 Å². The lowest BCUT2D eigenvalue weighted by molar-refractivity contribution is -0.138. The summed E-state index contributed by atoms with van der Waals surface area (Å²) < 4.78 is 83.2. The SMILES string of the molecule is O=C(Nc1cc(N2CCOC2=O)cc(C(F)(F)F)c1)Nc1ccc(Cl)c(C(F)(F)F)c1. The molecule has 2 aromatic rings. The second-order valence-corrected chi connectivity index (χ2v) is 6.71. The molecule has 2 N–H and O–H groups in total. The van der Waals surface area contributed by atoms with E-state index in [-0.39, 0.29) is 30.2 Å². The number of amides is 3. The Hall–Kier alpha value is -3.15. The summed E-state index contributed by atoms with van der Waals surface area (Å²) in [6.45, 7) is -0.00674. The third-order valence-electron chi connectivity index (χ3n) is 4.11. The monoisotopic (exact) mass is 467 g/mol. The van der Waals surface area contributed by atoms with Gasteiger partial charge in [0.25, 0.3) is 0 Å². The van der Waals surface area contributed by atoms with Crippen LogP contribution in [0, 0.1) is 0 Å². The number of hydrogen-bond acceptors (Lipinski definition) is 3. The van der Waals surface area contributed by atoms with E-state index in [9.17, 15) is 35.9 Å². The number of carbonyl (C=O) groups excluding carboxylic acids is 2. The second-order valence-electron chi connectivity index (χ2n) is 6.30. The molecule has 0 aromatic heterocycles. The number of rotatable bonds is 3. The Balaban J connectivity index is 1.85. The molecule has 3 amide bonds. The molecule has 166 valence electrons. The van der Waals surface area contributed by atoms with Crippen LogP contribution in [-0.4, -0.2) is 25.3 Å². The van der Waals surface area contributed by atoms with Crippen LogP contribution in [0.3, 0.4) is 0 Å². The molecule has 0 radical (unpaired) electrons. The molecule has 1 aliphatic rings. The minimum absolute atomic E-state index is 0.0107. The fourth-order valence-corrected chi connectivity index (χ4v) is 2.97. The summed E-state index contributed by atoms with van der Waals surface area (Å²) in [5, 5.41) is 3.62. The van der Waals surface area contributed by atoms with Crippen molar-refractivity contribution < 1.29 is 40.7 Å². The normalized spacial score (nSPS) is 14.4. The minimum atomic E-state index is -4.79. The maximum atomic E-state index is 13.2. The number of urea groups is 1. The first-order valence-electron chi connectivity index (χ1n) is 8.46. The average Bonchev–Trinajstić information content (AvgIpc) is 3.07. The number of carbonyl (C=O) groups is 2. The largest absolute Gasteiger partial charge is 0.447 e. The van der Waals surface area contributed by atoms with Crippen molar-refractivity contribution in [1.29, 1.82) is 0 Å². The van der Waals surface area contributed by atoms with Crippen LogP contribution in [0.5, 0.6) is 0 Å². The van der Waals surface area contributed by atoms with Gasteiger partial charge >= 0.3 is 24.5 Å². The highest BCUT2D eigenvalue weighted by molar-refractivity contribution is 6.31. The van der Waals surface area contributed by atoms with Gasteiger partial charge in [0.15, 0.2) is 0 Å². The molecule has 3 rings (SSSR count). The van der Waals surface area contributed by atoms with E-state index in [0.717, 1.165) is 23.1 Å². The molecule has 0 aliphatic carbocycles. The first kappa shape index (κ1) is 22.5. The molecule has 13 heteroatoms. The summed E-state index contributed by atoms with van der Waals surface area (Å²) in [7, 11) is 0. The van der Waals surface area contributed by atoms with E-state index in [2.05, 4.69) is 10.6 Å². The first-order valence-corrected chi connectivity index (χ1v) is 8.84. The zero-order valence-corrected chi connectivity index (χ0v) is 16.0. The van der Waals surface area contributed by atoms with E-state index < -0.39 is 40.6 Å². The molecule has 6 nitrogen and oxygen atoms in total. The fourth-order valence-electron chi connectivity index (χ4n) is 2.74. The van der Waals surface area contributed by atoms with Gasteiger partial charge in [-0.15, -0.1) is 0 Å². The van der Waals surface area contributed by atoms with Gasteiger partial charge in [-0.2, -0.15) is 26.3 Å². The van der Waals surface area contributed by atoms with Gasteiger partial charge in [0.2, 0.25) is 0 Å². The van der Waals surface area contributed by atoms with Gasteiger partial charge in [0.05, 0.1) is 22.7 Å². The number of alkyl halides is 6. The van der Waals surface area contributed by atoms with Crippen molar-refractivity contribution in [3.8, 4) is 0 Å².